The van der Waals surface area contributed by atoms with Crippen LogP contribution in [0.4, 0.5) is 0 Å². The molecule has 17 heavy (non-hydrogen) atoms. The lowest BCUT2D eigenvalue weighted by Gasteiger charge is -2.35. The number of hydrogen-bond acceptors (Lipinski definition) is 3. The Hall–Kier alpha value is -0.0900. The van der Waals surface area contributed by atoms with Crippen molar-refractivity contribution in [2.24, 2.45) is 5.92 Å². The maximum absolute atomic E-state index is 10.1. The minimum Gasteiger partial charge on any atom is -0.388 e. The average Bonchev–Trinajstić information content (AvgIpc) is 2.56. The molecule has 1 N–H and O–H groups in total. The van der Waals surface area contributed by atoms with Crippen LogP contribution in [0.3, 0.4) is 0 Å². The summed E-state index contributed by atoms with van der Waals surface area (Å²) in [5.41, 5.74) is 1.06. The summed E-state index contributed by atoms with van der Waals surface area (Å²) in [5, 5.41) is 10.1. The minimum absolute atomic E-state index is 0.362. The molecule has 1 unspecified atom stereocenters. The van der Waals surface area contributed by atoms with E-state index in [9.17, 15) is 5.11 Å². The summed E-state index contributed by atoms with van der Waals surface area (Å²) in [6.07, 6.45) is 3.07. The van der Waals surface area contributed by atoms with Crippen LogP contribution < -0.4 is 0 Å². The summed E-state index contributed by atoms with van der Waals surface area (Å²) in [6, 6.07) is 2.00. The Morgan fingerprint density at radius 1 is 1.59 bits per heavy atom. The third-order valence-electron chi connectivity index (χ3n) is 3.36. The van der Waals surface area contributed by atoms with Crippen LogP contribution in [0, 0.1) is 12.8 Å². The third-order valence-corrected chi connectivity index (χ3v) is 5.01. The molecule has 4 heteroatoms. The molecule has 1 aromatic heterocycles. The first-order valence-electron chi connectivity index (χ1n) is 6.15. The molecule has 0 aliphatic heterocycles. The van der Waals surface area contributed by atoms with Crippen molar-refractivity contribution in [2.75, 3.05) is 6.61 Å². The zero-order valence-electron chi connectivity index (χ0n) is 10.3. The molecule has 0 aromatic carbocycles. The first kappa shape index (κ1) is 13.3. The van der Waals surface area contributed by atoms with Crippen LogP contribution in [0.1, 0.15) is 42.7 Å². The smallest absolute Gasteiger partial charge is 0.0961 e. The van der Waals surface area contributed by atoms with Crippen LogP contribution in [0.15, 0.2) is 6.07 Å². The first-order chi connectivity index (χ1) is 8.10. The summed E-state index contributed by atoms with van der Waals surface area (Å²) in [7, 11) is 0. The van der Waals surface area contributed by atoms with Gasteiger partial charge in [0.25, 0.3) is 0 Å². The Balaban J connectivity index is 1.80. The highest BCUT2D eigenvalue weighted by molar-refractivity contribution is 7.16. The second-order valence-electron chi connectivity index (χ2n) is 4.77. The number of aliphatic hydroxyl groups is 1. The topological polar surface area (TPSA) is 29.5 Å². The van der Waals surface area contributed by atoms with Crippen LogP contribution in [0.5, 0.6) is 0 Å². The van der Waals surface area contributed by atoms with Gasteiger partial charge in [-0.2, -0.15) is 0 Å². The second kappa shape index (κ2) is 5.70. The van der Waals surface area contributed by atoms with Gasteiger partial charge in [-0.25, -0.2) is 0 Å². The number of rotatable bonds is 5. The van der Waals surface area contributed by atoms with Gasteiger partial charge >= 0.3 is 0 Å². The summed E-state index contributed by atoms with van der Waals surface area (Å²) >= 11 is 7.50. The maximum Gasteiger partial charge on any atom is 0.0961 e. The molecule has 1 heterocycles. The zero-order valence-corrected chi connectivity index (χ0v) is 11.9. The number of hydrogen-bond donors (Lipinski definition) is 1. The molecule has 0 amide bonds. The van der Waals surface area contributed by atoms with Gasteiger partial charge in [0.05, 0.1) is 16.5 Å². The van der Waals surface area contributed by atoms with Gasteiger partial charge in [-0.1, -0.05) is 11.6 Å². The molecule has 0 bridgehead atoms. The van der Waals surface area contributed by atoms with Gasteiger partial charge in [-0.15, -0.1) is 11.3 Å². The van der Waals surface area contributed by atoms with Crippen molar-refractivity contribution in [3.05, 3.63) is 20.8 Å². The summed E-state index contributed by atoms with van der Waals surface area (Å²) < 4.78 is 6.31. The van der Waals surface area contributed by atoms with Gasteiger partial charge < -0.3 is 9.84 Å². The van der Waals surface area contributed by atoms with Crippen molar-refractivity contribution in [3.8, 4) is 0 Å². The normalized spacial score (nSPS) is 25.6. The molecule has 1 atom stereocenters. The molecular formula is C13H19ClO2S. The fourth-order valence-corrected chi connectivity index (χ4v) is 3.54. The van der Waals surface area contributed by atoms with Crippen LogP contribution in [0.25, 0.3) is 0 Å². The lowest BCUT2D eigenvalue weighted by molar-refractivity contribution is -0.0377. The predicted octanol–water partition coefficient (Wildman–Crippen LogP) is 3.95. The molecule has 0 saturated heterocycles. The van der Waals surface area contributed by atoms with Crippen LogP contribution >= 0.6 is 22.9 Å². The second-order valence-corrected chi connectivity index (χ2v) is 6.46. The average molecular weight is 275 g/mol. The fraction of sp³-hybridized carbons (Fsp3) is 0.692. The highest BCUT2D eigenvalue weighted by Gasteiger charge is 2.31. The lowest BCUT2D eigenvalue weighted by Crippen LogP contribution is -2.32. The largest absolute Gasteiger partial charge is 0.388 e. The number of thiophene rings is 1. The molecule has 1 aliphatic rings. The van der Waals surface area contributed by atoms with E-state index in [1.807, 2.05) is 19.9 Å². The van der Waals surface area contributed by atoms with E-state index in [-0.39, 0.29) is 6.10 Å². The fourth-order valence-electron chi connectivity index (χ4n) is 2.32. The summed E-state index contributed by atoms with van der Waals surface area (Å²) in [4.78, 5) is 0.993. The van der Waals surface area contributed by atoms with Crippen molar-refractivity contribution in [2.45, 2.75) is 45.3 Å². The van der Waals surface area contributed by atoms with E-state index in [4.69, 9.17) is 16.3 Å². The van der Waals surface area contributed by atoms with Crippen molar-refractivity contribution in [1.29, 1.82) is 0 Å². The minimum atomic E-state index is -0.362. The first-order valence-corrected chi connectivity index (χ1v) is 7.35. The molecule has 2 rings (SSSR count). The van der Waals surface area contributed by atoms with Gasteiger partial charge in [0.15, 0.2) is 0 Å². The van der Waals surface area contributed by atoms with Crippen molar-refractivity contribution in [1.82, 2.24) is 0 Å². The molecule has 2 nitrogen and oxygen atoms in total. The predicted molar refractivity (Wildman–Crippen MR) is 71.8 cm³/mol. The van der Waals surface area contributed by atoms with Crippen molar-refractivity contribution < 1.29 is 9.84 Å². The number of aliphatic hydroxyl groups excluding tert-OH is 1. The Bertz CT molecular complexity index is 352. The quantitative estimate of drug-likeness (QED) is 0.881. The molecule has 1 saturated carbocycles. The number of ether oxygens (including phenoxy) is 1. The molecule has 1 aromatic rings. The van der Waals surface area contributed by atoms with Gasteiger partial charge in [0, 0.05) is 11.5 Å². The third kappa shape index (κ3) is 3.22. The number of halogens is 1. The molecule has 0 radical (unpaired) electrons. The van der Waals surface area contributed by atoms with Gasteiger partial charge in [0.1, 0.15) is 0 Å². The maximum atomic E-state index is 10.1. The van der Waals surface area contributed by atoms with Gasteiger partial charge in [-0.05, 0) is 50.7 Å². The van der Waals surface area contributed by atoms with E-state index in [0.29, 0.717) is 12.0 Å². The summed E-state index contributed by atoms with van der Waals surface area (Å²) in [5.74, 6) is 0.600. The standard InChI is InChI=1S/C13H19ClO2S/c1-3-16-10-5-9(6-10)7-11(15)12-4-8(2)13(14)17-12/h4,9-11,15H,3,5-7H2,1-2H3. The monoisotopic (exact) mass is 274 g/mol. The number of aryl methyl sites for hydroxylation is 1. The van der Waals surface area contributed by atoms with E-state index in [2.05, 4.69) is 0 Å². The summed E-state index contributed by atoms with van der Waals surface area (Å²) in [6.45, 7) is 4.79. The van der Waals surface area contributed by atoms with Crippen molar-refractivity contribution >= 4 is 22.9 Å². The van der Waals surface area contributed by atoms with E-state index in [1.165, 1.54) is 11.3 Å². The lowest BCUT2D eigenvalue weighted by atomic mass is 9.78. The molecule has 1 fully saturated rings. The SMILES string of the molecule is CCOC1CC(CC(O)c2cc(C)c(Cl)s2)C1. The van der Waals surface area contributed by atoms with Crippen LogP contribution in [0.2, 0.25) is 4.34 Å². The highest BCUT2D eigenvalue weighted by atomic mass is 35.5. The van der Waals surface area contributed by atoms with E-state index in [0.717, 1.165) is 40.6 Å². The van der Waals surface area contributed by atoms with Gasteiger partial charge in [-0.3, -0.25) is 0 Å². The van der Waals surface area contributed by atoms with E-state index in [1.54, 1.807) is 0 Å². The molecule has 0 spiro atoms. The van der Waals surface area contributed by atoms with E-state index < -0.39 is 0 Å². The van der Waals surface area contributed by atoms with Crippen LogP contribution in [-0.4, -0.2) is 17.8 Å². The zero-order chi connectivity index (χ0) is 12.4. The Morgan fingerprint density at radius 3 is 2.82 bits per heavy atom. The molecular weight excluding hydrogens is 256 g/mol. The molecule has 96 valence electrons. The highest BCUT2D eigenvalue weighted by Crippen LogP contribution is 2.39. The Labute approximate surface area is 112 Å². The Kier molecular flexibility index (Phi) is 4.47. The van der Waals surface area contributed by atoms with Crippen molar-refractivity contribution in [3.63, 3.8) is 0 Å². The van der Waals surface area contributed by atoms with E-state index >= 15 is 0 Å². The Morgan fingerprint density at radius 2 is 2.29 bits per heavy atom. The molecule has 1 aliphatic carbocycles. The van der Waals surface area contributed by atoms with Crippen LogP contribution in [-0.2, 0) is 4.74 Å². The van der Waals surface area contributed by atoms with Gasteiger partial charge in [0.2, 0.25) is 0 Å².